The van der Waals surface area contributed by atoms with Gasteiger partial charge in [-0.1, -0.05) is 0 Å². The molecule has 8 heteroatoms. The molecule has 0 radical (unpaired) electrons. The lowest BCUT2D eigenvalue weighted by molar-refractivity contribution is 0.00980. The van der Waals surface area contributed by atoms with Crippen molar-refractivity contribution in [3.05, 3.63) is 0 Å². The van der Waals surface area contributed by atoms with Crippen LogP contribution in [0, 0.1) is 0 Å². The van der Waals surface area contributed by atoms with Gasteiger partial charge in [-0.3, -0.25) is 4.55 Å². The third-order valence-corrected chi connectivity index (χ3v) is 2.15. The number of rotatable bonds is 11. The normalized spacial score (nSPS) is 11.9. The molecule has 0 fully saturated rings. The van der Waals surface area contributed by atoms with Crippen molar-refractivity contribution in [1.29, 1.82) is 0 Å². The minimum absolute atomic E-state index is 0.0151. The molecular formula is C8H18O7S. The first-order valence-electron chi connectivity index (χ1n) is 4.85. The van der Waals surface area contributed by atoms with E-state index in [2.05, 4.69) is 0 Å². The van der Waals surface area contributed by atoms with Gasteiger partial charge in [0.1, 0.15) is 0 Å². The van der Waals surface area contributed by atoms with Crippen LogP contribution in [-0.4, -0.2) is 70.1 Å². The molecule has 0 rings (SSSR count). The van der Waals surface area contributed by atoms with E-state index in [1.165, 1.54) is 0 Å². The summed E-state index contributed by atoms with van der Waals surface area (Å²) in [7, 11) is -3.94. The van der Waals surface area contributed by atoms with E-state index in [4.69, 9.17) is 23.9 Å². The van der Waals surface area contributed by atoms with Gasteiger partial charge in [-0.05, 0) is 0 Å². The largest absolute Gasteiger partial charge is 0.394 e. The van der Waals surface area contributed by atoms with Crippen LogP contribution in [0.2, 0.25) is 0 Å². The van der Waals surface area contributed by atoms with Gasteiger partial charge in [-0.25, -0.2) is 0 Å². The minimum Gasteiger partial charge on any atom is -0.394 e. The quantitative estimate of drug-likeness (QED) is 0.359. The summed E-state index contributed by atoms with van der Waals surface area (Å²) in [5.74, 6) is -0.410. The number of aliphatic hydroxyl groups excluding tert-OH is 1. The van der Waals surface area contributed by atoms with E-state index in [1.54, 1.807) is 0 Å². The third kappa shape index (κ3) is 13.8. The van der Waals surface area contributed by atoms with E-state index >= 15 is 0 Å². The average molecular weight is 258 g/mol. The Labute approximate surface area is 95.1 Å². The molecule has 0 aliphatic carbocycles. The molecule has 7 nitrogen and oxygen atoms in total. The fraction of sp³-hybridized carbons (Fsp3) is 1.00. The summed E-state index contributed by atoms with van der Waals surface area (Å²) in [5.41, 5.74) is 0. The van der Waals surface area contributed by atoms with Crippen LogP contribution in [0.15, 0.2) is 0 Å². The third-order valence-electron chi connectivity index (χ3n) is 1.47. The van der Waals surface area contributed by atoms with Gasteiger partial charge in [0.25, 0.3) is 10.1 Å². The molecule has 0 amide bonds. The molecule has 0 atom stereocenters. The van der Waals surface area contributed by atoms with Crippen molar-refractivity contribution >= 4 is 10.1 Å². The number of hydrogen-bond acceptors (Lipinski definition) is 6. The van der Waals surface area contributed by atoms with E-state index < -0.39 is 15.9 Å². The fourth-order valence-corrected chi connectivity index (χ4v) is 1.10. The van der Waals surface area contributed by atoms with Gasteiger partial charge in [0, 0.05) is 0 Å². The topological polar surface area (TPSA) is 102 Å². The number of aliphatic hydroxyl groups is 1. The molecule has 0 aromatic rings. The van der Waals surface area contributed by atoms with Crippen molar-refractivity contribution in [2.24, 2.45) is 0 Å². The first-order valence-corrected chi connectivity index (χ1v) is 6.46. The van der Waals surface area contributed by atoms with Crippen molar-refractivity contribution in [2.75, 3.05) is 52.0 Å². The smallest absolute Gasteiger partial charge is 0.267 e. The van der Waals surface area contributed by atoms with Crippen molar-refractivity contribution in [3.8, 4) is 0 Å². The Balaban J connectivity index is 3.05. The molecule has 0 aliphatic rings. The second-order valence-electron chi connectivity index (χ2n) is 2.85. The highest BCUT2D eigenvalue weighted by molar-refractivity contribution is 7.85. The Bertz CT molecular complexity index is 239. The van der Waals surface area contributed by atoms with Crippen LogP contribution < -0.4 is 0 Å². The highest BCUT2D eigenvalue weighted by Gasteiger charge is 2.02. The van der Waals surface area contributed by atoms with Gasteiger partial charge >= 0.3 is 0 Å². The zero-order valence-electron chi connectivity index (χ0n) is 9.00. The van der Waals surface area contributed by atoms with E-state index in [0.717, 1.165) is 0 Å². The predicted molar refractivity (Wildman–Crippen MR) is 56.0 cm³/mol. The standard InChI is InChI=1S/C8H18O7S/c9-1-2-13-3-4-14-5-6-15-7-8-16(10,11)12/h9H,1-8H2,(H,10,11,12). The summed E-state index contributed by atoms with van der Waals surface area (Å²) in [6, 6.07) is 0. The maximum absolute atomic E-state index is 10.3. The Hall–Kier alpha value is -0.250. The summed E-state index contributed by atoms with van der Waals surface area (Å²) in [5, 5.41) is 8.38. The van der Waals surface area contributed by atoms with Crippen LogP contribution in [0.1, 0.15) is 0 Å². The summed E-state index contributed by atoms with van der Waals surface area (Å²) < 4.78 is 43.8. The molecule has 0 spiro atoms. The molecule has 0 heterocycles. The fourth-order valence-electron chi connectivity index (χ4n) is 0.771. The molecule has 0 unspecified atom stereocenters. The first kappa shape index (κ1) is 15.8. The first-order chi connectivity index (χ1) is 7.56. The molecule has 98 valence electrons. The van der Waals surface area contributed by atoms with Crippen molar-refractivity contribution in [1.82, 2.24) is 0 Å². The van der Waals surface area contributed by atoms with E-state index in [-0.39, 0.29) is 26.4 Å². The lowest BCUT2D eigenvalue weighted by Crippen LogP contribution is -2.14. The highest BCUT2D eigenvalue weighted by Crippen LogP contribution is 1.85. The summed E-state index contributed by atoms with van der Waals surface area (Å²) >= 11 is 0. The Morgan fingerprint density at radius 3 is 1.69 bits per heavy atom. The van der Waals surface area contributed by atoms with Gasteiger partial charge in [0.15, 0.2) is 0 Å². The lowest BCUT2D eigenvalue weighted by atomic mass is 10.7. The van der Waals surface area contributed by atoms with Crippen LogP contribution in [0.3, 0.4) is 0 Å². The van der Waals surface area contributed by atoms with Gasteiger partial charge in [-0.2, -0.15) is 8.42 Å². The zero-order chi connectivity index (χ0) is 12.3. The monoisotopic (exact) mass is 258 g/mol. The van der Waals surface area contributed by atoms with Crippen LogP contribution in [0.25, 0.3) is 0 Å². The molecule has 0 aliphatic heterocycles. The van der Waals surface area contributed by atoms with Crippen molar-refractivity contribution in [2.45, 2.75) is 0 Å². The molecule has 2 N–H and O–H groups in total. The van der Waals surface area contributed by atoms with Gasteiger partial charge < -0.3 is 19.3 Å². The molecule has 0 saturated heterocycles. The summed E-state index contributed by atoms with van der Waals surface area (Å²) in [4.78, 5) is 0. The van der Waals surface area contributed by atoms with E-state index in [0.29, 0.717) is 19.8 Å². The molecule has 0 aromatic carbocycles. The number of ether oxygens (including phenoxy) is 3. The Morgan fingerprint density at radius 1 is 0.812 bits per heavy atom. The second kappa shape index (κ2) is 9.94. The Morgan fingerprint density at radius 2 is 1.25 bits per heavy atom. The lowest BCUT2D eigenvalue weighted by Gasteiger charge is -2.05. The van der Waals surface area contributed by atoms with Crippen LogP contribution in [0.5, 0.6) is 0 Å². The maximum Gasteiger partial charge on any atom is 0.267 e. The molecule has 0 saturated carbocycles. The zero-order valence-corrected chi connectivity index (χ0v) is 9.82. The van der Waals surface area contributed by atoms with Gasteiger partial charge in [0.05, 0.1) is 52.0 Å². The summed E-state index contributed by atoms with van der Waals surface area (Å²) in [6.45, 7) is 1.59. The van der Waals surface area contributed by atoms with Crippen LogP contribution >= 0.6 is 0 Å². The Kier molecular flexibility index (Phi) is 9.78. The molecule has 0 aromatic heterocycles. The molecule has 0 bridgehead atoms. The second-order valence-corrected chi connectivity index (χ2v) is 4.42. The van der Waals surface area contributed by atoms with Crippen LogP contribution in [-0.2, 0) is 24.3 Å². The van der Waals surface area contributed by atoms with Crippen LogP contribution in [0.4, 0.5) is 0 Å². The van der Waals surface area contributed by atoms with Crippen molar-refractivity contribution < 1.29 is 32.3 Å². The molecular weight excluding hydrogens is 240 g/mol. The predicted octanol–water partition coefficient (Wildman–Crippen LogP) is -1.08. The SMILES string of the molecule is O=S(=O)(O)CCOCCOCCOCCO. The molecule has 16 heavy (non-hydrogen) atoms. The minimum atomic E-state index is -3.94. The maximum atomic E-state index is 10.3. The van der Waals surface area contributed by atoms with Crippen molar-refractivity contribution in [3.63, 3.8) is 0 Å². The van der Waals surface area contributed by atoms with Gasteiger partial charge in [0.2, 0.25) is 0 Å². The van der Waals surface area contributed by atoms with E-state index in [9.17, 15) is 8.42 Å². The summed E-state index contributed by atoms with van der Waals surface area (Å²) in [6.07, 6.45) is 0. The number of hydrogen-bond donors (Lipinski definition) is 2. The van der Waals surface area contributed by atoms with E-state index in [1.807, 2.05) is 0 Å². The highest BCUT2D eigenvalue weighted by atomic mass is 32.2. The van der Waals surface area contributed by atoms with Gasteiger partial charge in [-0.15, -0.1) is 0 Å². The average Bonchev–Trinajstić information content (AvgIpc) is 2.19.